The standard InChI is InChI=1S/C17H23ClN2O3/c1-11(2)15(17(22)20-8-9-23-12(3)10-20)19-16(21)13-4-6-14(18)7-5-13/h4-7,11-12,15H,8-10H2,1-3H3,(H,19,21)/t12-,15-/m1/s1. The van der Waals surface area contributed by atoms with Gasteiger partial charge in [-0.1, -0.05) is 25.4 Å². The van der Waals surface area contributed by atoms with Gasteiger partial charge >= 0.3 is 0 Å². The van der Waals surface area contributed by atoms with Crippen LogP contribution in [0.1, 0.15) is 31.1 Å². The lowest BCUT2D eigenvalue weighted by atomic mass is 10.0. The van der Waals surface area contributed by atoms with E-state index in [4.69, 9.17) is 16.3 Å². The van der Waals surface area contributed by atoms with Crippen LogP contribution in [0.4, 0.5) is 0 Å². The lowest BCUT2D eigenvalue weighted by molar-refractivity contribution is -0.141. The molecule has 1 aliphatic heterocycles. The fourth-order valence-electron chi connectivity index (χ4n) is 2.55. The van der Waals surface area contributed by atoms with Crippen LogP contribution >= 0.6 is 11.6 Å². The predicted molar refractivity (Wildman–Crippen MR) is 89.5 cm³/mol. The third-order valence-corrected chi connectivity index (χ3v) is 4.13. The zero-order chi connectivity index (χ0) is 17.0. The van der Waals surface area contributed by atoms with Gasteiger partial charge in [0.25, 0.3) is 5.91 Å². The summed E-state index contributed by atoms with van der Waals surface area (Å²) in [6.07, 6.45) is 0.0208. The topological polar surface area (TPSA) is 58.6 Å². The van der Waals surface area contributed by atoms with Crippen molar-refractivity contribution in [2.45, 2.75) is 32.9 Å². The van der Waals surface area contributed by atoms with Crippen molar-refractivity contribution in [2.24, 2.45) is 5.92 Å². The molecule has 1 aromatic carbocycles. The summed E-state index contributed by atoms with van der Waals surface area (Å²) in [6, 6.07) is 6.06. The summed E-state index contributed by atoms with van der Waals surface area (Å²) >= 11 is 5.83. The van der Waals surface area contributed by atoms with Crippen LogP contribution in [0.15, 0.2) is 24.3 Å². The highest BCUT2D eigenvalue weighted by Crippen LogP contribution is 2.13. The number of benzene rings is 1. The van der Waals surface area contributed by atoms with Gasteiger partial charge in [0.2, 0.25) is 5.91 Å². The van der Waals surface area contributed by atoms with Crippen molar-refractivity contribution in [1.29, 1.82) is 0 Å². The zero-order valence-corrected chi connectivity index (χ0v) is 14.5. The van der Waals surface area contributed by atoms with Gasteiger partial charge in [0.1, 0.15) is 6.04 Å². The number of nitrogens with one attached hydrogen (secondary N) is 1. The van der Waals surface area contributed by atoms with Gasteiger partial charge in [-0.25, -0.2) is 0 Å². The minimum absolute atomic E-state index is 0.00287. The molecule has 1 N–H and O–H groups in total. The number of hydrogen-bond donors (Lipinski definition) is 1. The van der Waals surface area contributed by atoms with Crippen LogP contribution in [0.25, 0.3) is 0 Å². The second-order valence-corrected chi connectivity index (χ2v) is 6.60. The molecule has 0 aromatic heterocycles. The lowest BCUT2D eigenvalue weighted by Crippen LogP contribution is -2.55. The molecule has 0 radical (unpaired) electrons. The van der Waals surface area contributed by atoms with Crippen molar-refractivity contribution in [3.8, 4) is 0 Å². The number of ether oxygens (including phenoxy) is 1. The number of halogens is 1. The summed E-state index contributed by atoms with van der Waals surface area (Å²) < 4.78 is 5.47. The van der Waals surface area contributed by atoms with E-state index in [9.17, 15) is 9.59 Å². The maximum absolute atomic E-state index is 12.7. The van der Waals surface area contributed by atoms with Crippen LogP contribution in [0.5, 0.6) is 0 Å². The Bertz CT molecular complexity index is 559. The van der Waals surface area contributed by atoms with E-state index < -0.39 is 6.04 Å². The van der Waals surface area contributed by atoms with Crippen LogP contribution in [0, 0.1) is 5.92 Å². The van der Waals surface area contributed by atoms with Gasteiger partial charge in [-0.05, 0) is 37.1 Å². The van der Waals surface area contributed by atoms with Crippen molar-refractivity contribution < 1.29 is 14.3 Å². The summed E-state index contributed by atoms with van der Waals surface area (Å²) in [4.78, 5) is 26.9. The van der Waals surface area contributed by atoms with E-state index >= 15 is 0 Å². The van der Waals surface area contributed by atoms with E-state index in [1.807, 2.05) is 20.8 Å². The number of morpholine rings is 1. The third kappa shape index (κ3) is 4.69. The Kier molecular flexibility index (Phi) is 6.02. The monoisotopic (exact) mass is 338 g/mol. The lowest BCUT2D eigenvalue weighted by Gasteiger charge is -2.35. The van der Waals surface area contributed by atoms with E-state index in [-0.39, 0.29) is 23.8 Å². The maximum atomic E-state index is 12.7. The fraction of sp³-hybridized carbons (Fsp3) is 0.529. The molecule has 5 nitrogen and oxygen atoms in total. The molecule has 2 atom stereocenters. The van der Waals surface area contributed by atoms with Crippen molar-refractivity contribution >= 4 is 23.4 Å². The van der Waals surface area contributed by atoms with Crippen LogP contribution in [-0.2, 0) is 9.53 Å². The highest BCUT2D eigenvalue weighted by Gasteiger charge is 2.31. The minimum Gasteiger partial charge on any atom is -0.375 e. The Hall–Kier alpha value is -1.59. The summed E-state index contributed by atoms with van der Waals surface area (Å²) in [5, 5.41) is 3.42. The molecule has 2 amide bonds. The molecule has 6 heteroatoms. The SMILES string of the molecule is CC(C)[C@@H](NC(=O)c1ccc(Cl)cc1)C(=O)N1CCO[C@H](C)C1. The molecule has 1 fully saturated rings. The number of hydrogen-bond acceptors (Lipinski definition) is 3. The van der Waals surface area contributed by atoms with Gasteiger partial charge in [0.05, 0.1) is 12.7 Å². The summed E-state index contributed by atoms with van der Waals surface area (Å²) in [6.45, 7) is 7.43. The predicted octanol–water partition coefficient (Wildman–Crippen LogP) is 2.34. The fourth-order valence-corrected chi connectivity index (χ4v) is 2.68. The van der Waals surface area contributed by atoms with Gasteiger partial charge in [-0.2, -0.15) is 0 Å². The molecule has 2 rings (SSSR count). The smallest absolute Gasteiger partial charge is 0.251 e. The zero-order valence-electron chi connectivity index (χ0n) is 13.7. The summed E-state index contributed by atoms with van der Waals surface area (Å²) in [5.74, 6) is -0.329. The van der Waals surface area contributed by atoms with Crippen molar-refractivity contribution in [1.82, 2.24) is 10.2 Å². The highest BCUT2D eigenvalue weighted by molar-refractivity contribution is 6.30. The van der Waals surface area contributed by atoms with Crippen LogP contribution < -0.4 is 5.32 Å². The number of amides is 2. The largest absolute Gasteiger partial charge is 0.375 e. The highest BCUT2D eigenvalue weighted by atomic mass is 35.5. The molecule has 1 aliphatic rings. The number of nitrogens with zero attached hydrogens (tertiary/aromatic N) is 1. The molecular formula is C17H23ClN2O3. The second-order valence-electron chi connectivity index (χ2n) is 6.17. The molecule has 0 saturated carbocycles. The van der Waals surface area contributed by atoms with Crippen molar-refractivity contribution in [3.63, 3.8) is 0 Å². The van der Waals surface area contributed by atoms with Gasteiger partial charge in [0.15, 0.2) is 0 Å². The maximum Gasteiger partial charge on any atom is 0.251 e. The Morgan fingerprint density at radius 1 is 1.30 bits per heavy atom. The van der Waals surface area contributed by atoms with Gasteiger partial charge in [-0.15, -0.1) is 0 Å². The van der Waals surface area contributed by atoms with Crippen LogP contribution in [0.2, 0.25) is 5.02 Å². The Labute approximate surface area is 141 Å². The van der Waals surface area contributed by atoms with Crippen molar-refractivity contribution in [2.75, 3.05) is 19.7 Å². The van der Waals surface area contributed by atoms with E-state index in [1.165, 1.54) is 0 Å². The van der Waals surface area contributed by atoms with Gasteiger partial charge in [0, 0.05) is 23.7 Å². The quantitative estimate of drug-likeness (QED) is 0.916. The van der Waals surface area contributed by atoms with E-state index in [0.29, 0.717) is 30.3 Å². The van der Waals surface area contributed by atoms with E-state index in [1.54, 1.807) is 29.2 Å². The molecule has 0 aliphatic carbocycles. The van der Waals surface area contributed by atoms with Crippen molar-refractivity contribution in [3.05, 3.63) is 34.9 Å². The molecule has 126 valence electrons. The Balaban J connectivity index is 2.07. The first kappa shape index (κ1) is 17.8. The first-order valence-electron chi connectivity index (χ1n) is 7.85. The summed E-state index contributed by atoms with van der Waals surface area (Å²) in [5.41, 5.74) is 0.489. The minimum atomic E-state index is -0.552. The van der Waals surface area contributed by atoms with Gasteiger partial charge < -0.3 is 15.0 Å². The Morgan fingerprint density at radius 3 is 2.52 bits per heavy atom. The molecule has 1 saturated heterocycles. The number of carbonyl (C=O) groups is 2. The summed E-state index contributed by atoms with van der Waals surface area (Å²) in [7, 11) is 0. The van der Waals surface area contributed by atoms with E-state index in [0.717, 1.165) is 0 Å². The molecule has 0 bridgehead atoms. The van der Waals surface area contributed by atoms with E-state index in [2.05, 4.69) is 5.32 Å². The average Bonchev–Trinajstić information content (AvgIpc) is 2.52. The van der Waals surface area contributed by atoms with Gasteiger partial charge in [-0.3, -0.25) is 9.59 Å². The normalized spacial score (nSPS) is 19.5. The Morgan fingerprint density at radius 2 is 1.96 bits per heavy atom. The molecule has 0 spiro atoms. The number of carbonyl (C=O) groups excluding carboxylic acids is 2. The van der Waals surface area contributed by atoms with Crippen LogP contribution in [-0.4, -0.2) is 48.6 Å². The first-order valence-corrected chi connectivity index (χ1v) is 8.23. The molecule has 1 heterocycles. The molecule has 23 heavy (non-hydrogen) atoms. The molecule has 0 unspecified atom stereocenters. The molecular weight excluding hydrogens is 316 g/mol. The average molecular weight is 339 g/mol. The number of rotatable bonds is 4. The third-order valence-electron chi connectivity index (χ3n) is 3.88. The molecule has 1 aromatic rings. The van der Waals surface area contributed by atoms with Crippen LogP contribution in [0.3, 0.4) is 0 Å². The first-order chi connectivity index (χ1) is 10.9. The second kappa shape index (κ2) is 7.79.